The van der Waals surface area contributed by atoms with Gasteiger partial charge in [-0.15, -0.1) is 0 Å². The summed E-state index contributed by atoms with van der Waals surface area (Å²) in [5.74, 6) is 0.819. The highest BCUT2D eigenvalue weighted by atomic mass is 16.5. The number of hydrogen-bond acceptors (Lipinski definition) is 1. The van der Waals surface area contributed by atoms with E-state index in [1.807, 2.05) is 7.11 Å². The summed E-state index contributed by atoms with van der Waals surface area (Å²) >= 11 is 0. The van der Waals surface area contributed by atoms with Crippen molar-refractivity contribution < 1.29 is 4.74 Å². The fourth-order valence-electron chi connectivity index (χ4n) is 5.18. The van der Waals surface area contributed by atoms with Gasteiger partial charge in [-0.05, 0) is 165 Å². The summed E-state index contributed by atoms with van der Waals surface area (Å²) in [4.78, 5) is 0. The number of methoxy groups -OCH3 is 1. The zero-order valence-corrected chi connectivity index (χ0v) is 30.3. The van der Waals surface area contributed by atoms with Gasteiger partial charge in [0.1, 0.15) is 0 Å². The first-order valence-corrected chi connectivity index (χ1v) is 17.3. The summed E-state index contributed by atoms with van der Waals surface area (Å²) in [6.45, 7) is 22.6. The van der Waals surface area contributed by atoms with Gasteiger partial charge in [-0.25, -0.2) is 0 Å². The first-order chi connectivity index (χ1) is 19.8. The highest BCUT2D eigenvalue weighted by molar-refractivity contribution is 5.07. The molecule has 0 aromatic rings. The monoisotopic (exact) mass is 581 g/mol. The normalized spacial score (nSPS) is 14.9. The highest BCUT2D eigenvalue weighted by Gasteiger charge is 2.14. The summed E-state index contributed by atoms with van der Waals surface area (Å²) in [7, 11) is 1.81. The second kappa shape index (κ2) is 24.8. The van der Waals surface area contributed by atoms with Gasteiger partial charge in [-0.1, -0.05) is 83.2 Å². The molecule has 1 nitrogen and oxygen atoms in total. The largest absolute Gasteiger partial charge is 0.379 e. The van der Waals surface area contributed by atoms with Crippen LogP contribution >= 0.6 is 0 Å². The average Bonchev–Trinajstić information content (AvgIpc) is 2.91. The van der Waals surface area contributed by atoms with E-state index in [0.29, 0.717) is 0 Å². The maximum absolute atomic E-state index is 5.52. The molecule has 0 aliphatic carbocycles. The average molecular weight is 581 g/mol. The van der Waals surface area contributed by atoms with Crippen LogP contribution in [0.2, 0.25) is 0 Å². The summed E-state index contributed by atoms with van der Waals surface area (Å²) in [6, 6.07) is 0. The molecule has 1 atom stereocenters. The molecule has 0 fully saturated rings. The van der Waals surface area contributed by atoms with Gasteiger partial charge < -0.3 is 4.74 Å². The molecule has 0 amide bonds. The zero-order valence-electron chi connectivity index (χ0n) is 30.3. The lowest BCUT2D eigenvalue weighted by molar-refractivity contribution is 0.0163. The molecular formula is C41H72O. The van der Waals surface area contributed by atoms with E-state index in [2.05, 4.69) is 106 Å². The topological polar surface area (TPSA) is 9.23 Å². The molecule has 0 aromatic heterocycles. The van der Waals surface area contributed by atoms with Crippen molar-refractivity contribution in [3.63, 3.8) is 0 Å². The van der Waals surface area contributed by atoms with Crippen molar-refractivity contribution in [2.75, 3.05) is 7.11 Å². The van der Waals surface area contributed by atoms with E-state index < -0.39 is 0 Å². The minimum Gasteiger partial charge on any atom is -0.379 e. The maximum atomic E-state index is 5.52. The standard InChI is InChI=1S/C41H72O/c1-34(2)20-14-23-37(5)26-17-29-38(6)27-15-24-35(3)21-12-13-22-36(4)25-16-28-39(7)30-18-31-40(8)32-19-33-41(9,10)42-11/h20-21,26-28,32,36H,12-19,22-25,29-31,33H2,1-11H3/b35-21-,37-26+,38-27+,39-28-,40-32+. The Bertz CT molecular complexity index is 882. The Morgan fingerprint density at radius 3 is 1.45 bits per heavy atom. The highest BCUT2D eigenvalue weighted by Crippen LogP contribution is 2.20. The number of rotatable bonds is 24. The zero-order chi connectivity index (χ0) is 31.8. The third-order valence-corrected chi connectivity index (χ3v) is 8.63. The van der Waals surface area contributed by atoms with Crippen LogP contribution in [0, 0.1) is 5.92 Å². The van der Waals surface area contributed by atoms with Crippen molar-refractivity contribution in [3.05, 3.63) is 69.9 Å². The van der Waals surface area contributed by atoms with Crippen LogP contribution in [0.5, 0.6) is 0 Å². The molecule has 42 heavy (non-hydrogen) atoms. The summed E-state index contributed by atoms with van der Waals surface area (Å²) in [6.07, 6.45) is 34.2. The third-order valence-electron chi connectivity index (χ3n) is 8.63. The van der Waals surface area contributed by atoms with Crippen molar-refractivity contribution in [1.82, 2.24) is 0 Å². The second-order valence-electron chi connectivity index (χ2n) is 14.1. The van der Waals surface area contributed by atoms with Gasteiger partial charge in [0, 0.05) is 7.11 Å². The van der Waals surface area contributed by atoms with Gasteiger partial charge in [0.15, 0.2) is 0 Å². The Kier molecular flexibility index (Phi) is 23.9. The molecule has 0 aliphatic heterocycles. The van der Waals surface area contributed by atoms with Crippen LogP contribution in [0.3, 0.4) is 0 Å². The Balaban J connectivity index is 4.04. The van der Waals surface area contributed by atoms with Crippen LogP contribution in [0.4, 0.5) is 0 Å². The van der Waals surface area contributed by atoms with Crippen LogP contribution in [0.1, 0.15) is 172 Å². The van der Waals surface area contributed by atoms with E-state index >= 15 is 0 Å². The third kappa shape index (κ3) is 26.1. The van der Waals surface area contributed by atoms with E-state index in [-0.39, 0.29) is 5.60 Å². The molecule has 0 radical (unpaired) electrons. The SMILES string of the molecule is COC(C)(C)CC/C=C(\C)CCC/C(C)=C\CCC(C)CCC/C=C(/C)CC/C=C(\C)CC/C=C(\C)CCC=C(C)C. The number of ether oxygens (including phenoxy) is 1. The number of unbranched alkanes of at least 4 members (excludes halogenated alkanes) is 1. The van der Waals surface area contributed by atoms with E-state index in [0.717, 1.165) is 18.8 Å². The molecular weight excluding hydrogens is 508 g/mol. The second-order valence-corrected chi connectivity index (χ2v) is 14.1. The summed E-state index contributed by atoms with van der Waals surface area (Å²) in [5, 5.41) is 0. The molecule has 1 unspecified atom stereocenters. The van der Waals surface area contributed by atoms with Gasteiger partial charge in [0.05, 0.1) is 5.60 Å². The molecule has 1 heteroatoms. The van der Waals surface area contributed by atoms with E-state index in [4.69, 9.17) is 4.74 Å². The Labute approximate surface area is 264 Å². The number of allylic oxidation sites excluding steroid dienone is 12. The van der Waals surface area contributed by atoms with Crippen LogP contribution in [0.25, 0.3) is 0 Å². The van der Waals surface area contributed by atoms with Crippen molar-refractivity contribution in [2.24, 2.45) is 5.92 Å². The fourth-order valence-corrected chi connectivity index (χ4v) is 5.18. The Morgan fingerprint density at radius 2 is 0.952 bits per heavy atom. The van der Waals surface area contributed by atoms with Gasteiger partial charge in [-0.2, -0.15) is 0 Å². The van der Waals surface area contributed by atoms with Gasteiger partial charge in [-0.3, -0.25) is 0 Å². The molecule has 0 heterocycles. The van der Waals surface area contributed by atoms with Crippen LogP contribution in [-0.2, 0) is 4.74 Å². The van der Waals surface area contributed by atoms with Gasteiger partial charge in [0.25, 0.3) is 0 Å². The predicted octanol–water partition coefficient (Wildman–Crippen LogP) is 14.0. The molecule has 0 N–H and O–H groups in total. The minimum absolute atomic E-state index is 0.0117. The van der Waals surface area contributed by atoms with E-state index in [1.54, 1.807) is 16.7 Å². The molecule has 0 aromatic carbocycles. The molecule has 0 saturated heterocycles. The van der Waals surface area contributed by atoms with E-state index in [1.165, 1.54) is 107 Å². The fraction of sp³-hybridized carbons (Fsp3) is 0.707. The molecule has 0 saturated carbocycles. The van der Waals surface area contributed by atoms with Gasteiger partial charge in [0.2, 0.25) is 0 Å². The summed E-state index contributed by atoms with van der Waals surface area (Å²) < 4.78 is 5.52. The smallest absolute Gasteiger partial charge is 0.0625 e. The van der Waals surface area contributed by atoms with Crippen molar-refractivity contribution in [2.45, 2.75) is 178 Å². The molecule has 0 bridgehead atoms. The van der Waals surface area contributed by atoms with E-state index in [9.17, 15) is 0 Å². The van der Waals surface area contributed by atoms with Crippen molar-refractivity contribution in [1.29, 1.82) is 0 Å². The van der Waals surface area contributed by atoms with Crippen molar-refractivity contribution >= 4 is 0 Å². The van der Waals surface area contributed by atoms with Crippen LogP contribution in [0.15, 0.2) is 69.9 Å². The maximum Gasteiger partial charge on any atom is 0.0625 e. The molecule has 0 spiro atoms. The Hall–Kier alpha value is -1.60. The van der Waals surface area contributed by atoms with Crippen LogP contribution < -0.4 is 0 Å². The van der Waals surface area contributed by atoms with Gasteiger partial charge >= 0.3 is 0 Å². The molecule has 0 rings (SSSR count). The minimum atomic E-state index is -0.0117. The summed E-state index contributed by atoms with van der Waals surface area (Å²) in [5.41, 5.74) is 9.14. The molecule has 0 aliphatic rings. The first kappa shape index (κ1) is 40.4. The number of hydrogen-bond donors (Lipinski definition) is 0. The van der Waals surface area contributed by atoms with Crippen molar-refractivity contribution in [3.8, 4) is 0 Å². The van der Waals surface area contributed by atoms with Crippen LogP contribution in [-0.4, -0.2) is 12.7 Å². The lowest BCUT2D eigenvalue weighted by Crippen LogP contribution is -2.21. The quantitative estimate of drug-likeness (QED) is 0.0815. The predicted molar refractivity (Wildman–Crippen MR) is 192 cm³/mol. The lowest BCUT2D eigenvalue weighted by Gasteiger charge is -2.21. The first-order valence-electron chi connectivity index (χ1n) is 17.3. The lowest BCUT2D eigenvalue weighted by atomic mass is 9.96. The Morgan fingerprint density at radius 1 is 0.524 bits per heavy atom. The molecule has 242 valence electrons.